The van der Waals surface area contributed by atoms with Crippen LogP contribution in [0, 0.1) is 5.82 Å². The average molecular weight is 511 g/mol. The van der Waals surface area contributed by atoms with Gasteiger partial charge in [0.2, 0.25) is 5.91 Å². The largest absolute Gasteiger partial charge is 0.399 e. The van der Waals surface area contributed by atoms with Gasteiger partial charge in [-0.25, -0.2) is 12.8 Å². The molecule has 1 heterocycles. The fourth-order valence-corrected chi connectivity index (χ4v) is 5.13. The molecule has 3 aromatic carbocycles. The Balaban J connectivity index is 1.52. The molecular formula is C26H27FN4O4S. The smallest absolute Gasteiger partial charge is 0.252 e. The highest BCUT2D eigenvalue weighted by Crippen LogP contribution is 2.28. The molecule has 0 aliphatic carbocycles. The van der Waals surface area contributed by atoms with Gasteiger partial charge in [0.1, 0.15) is 11.9 Å². The number of benzene rings is 3. The lowest BCUT2D eigenvalue weighted by Gasteiger charge is -2.38. The van der Waals surface area contributed by atoms with Gasteiger partial charge in [0.05, 0.1) is 10.6 Å². The minimum absolute atomic E-state index is 0.0844. The Bertz CT molecular complexity index is 1370. The van der Waals surface area contributed by atoms with Crippen molar-refractivity contribution in [3.8, 4) is 0 Å². The Morgan fingerprint density at radius 2 is 1.64 bits per heavy atom. The third-order valence-corrected chi connectivity index (χ3v) is 7.18. The van der Waals surface area contributed by atoms with E-state index in [1.54, 1.807) is 53.4 Å². The molecule has 0 spiro atoms. The lowest BCUT2D eigenvalue weighted by molar-refractivity contribution is -0.133. The summed E-state index contributed by atoms with van der Waals surface area (Å²) in [6.45, 7) is 1.31. The number of halogens is 1. The zero-order chi connectivity index (χ0) is 25.9. The molecule has 36 heavy (non-hydrogen) atoms. The molecule has 2 amide bonds. The number of nitrogen functional groups attached to an aromatic ring is 1. The number of hydrogen-bond donors (Lipinski definition) is 2. The van der Waals surface area contributed by atoms with Crippen molar-refractivity contribution in [1.29, 1.82) is 0 Å². The quantitative estimate of drug-likeness (QED) is 0.493. The van der Waals surface area contributed by atoms with E-state index in [-0.39, 0.29) is 10.8 Å². The summed E-state index contributed by atoms with van der Waals surface area (Å²) in [4.78, 5) is 29.9. The van der Waals surface area contributed by atoms with Crippen LogP contribution in [0.1, 0.15) is 22.0 Å². The highest BCUT2D eigenvalue weighted by molar-refractivity contribution is 7.90. The van der Waals surface area contributed by atoms with Gasteiger partial charge in [-0.05, 0) is 42.0 Å². The summed E-state index contributed by atoms with van der Waals surface area (Å²) in [6, 6.07) is 18.2. The molecule has 0 saturated carbocycles. The highest BCUT2D eigenvalue weighted by Gasteiger charge is 2.31. The summed E-state index contributed by atoms with van der Waals surface area (Å²) in [5, 5.41) is 2.83. The van der Waals surface area contributed by atoms with Crippen molar-refractivity contribution < 1.29 is 22.4 Å². The first-order valence-electron chi connectivity index (χ1n) is 11.4. The monoisotopic (exact) mass is 510 g/mol. The number of carbonyl (C=O) groups is 2. The van der Waals surface area contributed by atoms with Crippen LogP contribution in [-0.2, 0) is 14.6 Å². The normalized spacial score (nSPS) is 14.8. The number of nitrogens with zero attached hydrogens (tertiary/aromatic N) is 2. The van der Waals surface area contributed by atoms with E-state index in [0.717, 1.165) is 12.3 Å². The molecule has 1 aliphatic rings. The molecule has 1 atom stereocenters. The second kappa shape index (κ2) is 10.4. The van der Waals surface area contributed by atoms with Gasteiger partial charge in [-0.1, -0.05) is 36.4 Å². The summed E-state index contributed by atoms with van der Waals surface area (Å²) in [6.07, 6.45) is 1.04. The van der Waals surface area contributed by atoms with Crippen LogP contribution >= 0.6 is 0 Å². The third kappa shape index (κ3) is 5.65. The van der Waals surface area contributed by atoms with Crippen LogP contribution in [0.2, 0.25) is 0 Å². The van der Waals surface area contributed by atoms with E-state index in [9.17, 15) is 22.4 Å². The maximum atomic E-state index is 13.7. The molecule has 0 unspecified atom stereocenters. The molecule has 0 aromatic heterocycles. The Kier molecular flexibility index (Phi) is 7.25. The van der Waals surface area contributed by atoms with Crippen LogP contribution in [0.5, 0.6) is 0 Å². The van der Waals surface area contributed by atoms with E-state index in [2.05, 4.69) is 5.32 Å². The lowest BCUT2D eigenvalue weighted by Crippen LogP contribution is -2.52. The van der Waals surface area contributed by atoms with Gasteiger partial charge in [0.15, 0.2) is 9.84 Å². The summed E-state index contributed by atoms with van der Waals surface area (Å²) < 4.78 is 38.1. The van der Waals surface area contributed by atoms with Crippen molar-refractivity contribution in [1.82, 2.24) is 10.2 Å². The molecule has 188 valence electrons. The van der Waals surface area contributed by atoms with E-state index in [0.29, 0.717) is 48.7 Å². The van der Waals surface area contributed by atoms with Crippen molar-refractivity contribution in [2.45, 2.75) is 10.9 Å². The highest BCUT2D eigenvalue weighted by atomic mass is 32.2. The zero-order valence-corrected chi connectivity index (χ0v) is 20.5. The number of rotatable bonds is 6. The van der Waals surface area contributed by atoms with Crippen LogP contribution in [-0.4, -0.2) is 57.6 Å². The number of piperazine rings is 1. The van der Waals surface area contributed by atoms with E-state index in [1.165, 1.54) is 12.1 Å². The summed E-state index contributed by atoms with van der Waals surface area (Å²) >= 11 is 0. The fourth-order valence-electron chi connectivity index (χ4n) is 4.22. The van der Waals surface area contributed by atoms with Gasteiger partial charge in [0, 0.05) is 43.7 Å². The number of amides is 2. The Labute approximate surface area is 209 Å². The maximum absolute atomic E-state index is 13.7. The van der Waals surface area contributed by atoms with Gasteiger partial charge in [-0.3, -0.25) is 9.59 Å². The standard InChI is InChI=1S/C26H27FN4O4S/c1-36(34,35)23-17-20(27)10-11-22(23)30-12-14-31(15-13-30)26(33)24(18-6-3-2-4-7-18)29-25(32)19-8-5-9-21(28)16-19/h2-11,16-17,24H,12-15,28H2,1H3,(H,29,32)/t24-/m1/s1. The fraction of sp³-hybridized carbons (Fsp3) is 0.231. The first-order chi connectivity index (χ1) is 17.1. The van der Waals surface area contributed by atoms with Crippen molar-refractivity contribution in [2.75, 3.05) is 43.1 Å². The Hall–Kier alpha value is -3.92. The first-order valence-corrected chi connectivity index (χ1v) is 13.3. The summed E-state index contributed by atoms with van der Waals surface area (Å²) in [5.41, 5.74) is 7.63. The van der Waals surface area contributed by atoms with E-state index in [4.69, 9.17) is 5.73 Å². The first kappa shape index (κ1) is 25.2. The van der Waals surface area contributed by atoms with Crippen molar-refractivity contribution >= 4 is 33.0 Å². The minimum Gasteiger partial charge on any atom is -0.399 e. The molecule has 0 bridgehead atoms. The molecule has 3 aromatic rings. The summed E-state index contributed by atoms with van der Waals surface area (Å²) in [7, 11) is -3.65. The number of sulfone groups is 1. The predicted octanol–water partition coefficient (Wildman–Crippen LogP) is 2.63. The second-order valence-corrected chi connectivity index (χ2v) is 10.6. The summed E-state index contributed by atoms with van der Waals surface area (Å²) in [5.74, 6) is -1.33. The molecule has 0 radical (unpaired) electrons. The van der Waals surface area contributed by atoms with E-state index >= 15 is 0 Å². The number of nitrogens with two attached hydrogens (primary N) is 1. The van der Waals surface area contributed by atoms with E-state index < -0.39 is 27.6 Å². The molecule has 8 nitrogen and oxygen atoms in total. The maximum Gasteiger partial charge on any atom is 0.252 e. The Morgan fingerprint density at radius 3 is 2.28 bits per heavy atom. The zero-order valence-electron chi connectivity index (χ0n) is 19.7. The molecule has 1 fully saturated rings. The van der Waals surface area contributed by atoms with Crippen LogP contribution in [0.3, 0.4) is 0 Å². The number of nitrogens with one attached hydrogen (secondary N) is 1. The molecule has 4 rings (SSSR count). The van der Waals surface area contributed by atoms with Crippen molar-refractivity contribution in [3.05, 3.63) is 89.7 Å². The van der Waals surface area contributed by atoms with E-state index in [1.807, 2.05) is 11.0 Å². The number of hydrogen-bond acceptors (Lipinski definition) is 6. The SMILES string of the molecule is CS(=O)(=O)c1cc(F)ccc1N1CCN(C(=O)[C@H](NC(=O)c2cccc(N)c2)c2ccccc2)CC1. The number of anilines is 2. The second-order valence-electron chi connectivity index (χ2n) is 8.64. The molecule has 1 saturated heterocycles. The Morgan fingerprint density at radius 1 is 0.944 bits per heavy atom. The van der Waals surface area contributed by atoms with Crippen LogP contribution in [0.25, 0.3) is 0 Å². The molecular weight excluding hydrogens is 483 g/mol. The van der Waals surface area contributed by atoms with Gasteiger partial charge in [-0.2, -0.15) is 0 Å². The topological polar surface area (TPSA) is 113 Å². The molecule has 1 aliphatic heterocycles. The van der Waals surface area contributed by atoms with Gasteiger partial charge in [-0.15, -0.1) is 0 Å². The predicted molar refractivity (Wildman–Crippen MR) is 136 cm³/mol. The van der Waals surface area contributed by atoms with Crippen molar-refractivity contribution in [3.63, 3.8) is 0 Å². The average Bonchev–Trinajstić information content (AvgIpc) is 2.87. The van der Waals surface area contributed by atoms with Crippen LogP contribution in [0.15, 0.2) is 77.7 Å². The van der Waals surface area contributed by atoms with Gasteiger partial charge >= 0.3 is 0 Å². The third-order valence-electron chi connectivity index (χ3n) is 6.06. The van der Waals surface area contributed by atoms with Crippen LogP contribution in [0.4, 0.5) is 15.8 Å². The van der Waals surface area contributed by atoms with Crippen molar-refractivity contribution in [2.24, 2.45) is 0 Å². The number of carbonyl (C=O) groups excluding carboxylic acids is 2. The molecule has 3 N–H and O–H groups in total. The van der Waals surface area contributed by atoms with Crippen LogP contribution < -0.4 is 16.0 Å². The lowest BCUT2D eigenvalue weighted by atomic mass is 10.0. The minimum atomic E-state index is -3.65. The van der Waals surface area contributed by atoms with Gasteiger partial charge in [0.25, 0.3) is 5.91 Å². The molecule has 10 heteroatoms. The van der Waals surface area contributed by atoms with Gasteiger partial charge < -0.3 is 20.9 Å².